The third kappa shape index (κ3) is 4.69. The van der Waals surface area contributed by atoms with Crippen LogP contribution in [0.4, 0.5) is 0 Å². The van der Waals surface area contributed by atoms with Gasteiger partial charge in [-0.1, -0.05) is 48.2 Å². The molecule has 3 rings (SSSR count). The van der Waals surface area contributed by atoms with Gasteiger partial charge in [0.25, 0.3) is 5.22 Å². The first-order valence-corrected chi connectivity index (χ1v) is 10.1. The second-order valence-electron chi connectivity index (χ2n) is 7.25. The highest BCUT2D eigenvalue weighted by Crippen LogP contribution is 2.30. The molecular weight excluding hydrogens is 360 g/mol. The molecule has 0 radical (unpaired) electrons. The van der Waals surface area contributed by atoms with Crippen LogP contribution in [0.5, 0.6) is 0 Å². The molecule has 1 atom stereocenters. The van der Waals surface area contributed by atoms with Crippen LogP contribution in [0, 0.1) is 25.2 Å². The van der Waals surface area contributed by atoms with Gasteiger partial charge in [0.05, 0.1) is 11.3 Å². The lowest BCUT2D eigenvalue weighted by atomic mass is 9.83. The maximum absolute atomic E-state index is 12.6. The van der Waals surface area contributed by atoms with Crippen molar-refractivity contribution in [3.8, 4) is 17.5 Å². The number of carbonyl (C=O) groups is 1. The van der Waals surface area contributed by atoms with E-state index in [4.69, 9.17) is 4.42 Å². The van der Waals surface area contributed by atoms with Crippen molar-refractivity contribution in [1.82, 2.24) is 15.5 Å². The van der Waals surface area contributed by atoms with E-state index in [1.54, 1.807) is 6.92 Å². The van der Waals surface area contributed by atoms with Crippen LogP contribution < -0.4 is 5.32 Å². The highest BCUT2D eigenvalue weighted by molar-refractivity contribution is 8.00. The number of rotatable bonds is 5. The van der Waals surface area contributed by atoms with Gasteiger partial charge in [-0.15, -0.1) is 10.2 Å². The summed E-state index contributed by atoms with van der Waals surface area (Å²) >= 11 is 1.21. The minimum absolute atomic E-state index is 0.172. The highest BCUT2D eigenvalue weighted by Gasteiger charge is 2.35. The van der Waals surface area contributed by atoms with E-state index in [9.17, 15) is 10.1 Å². The Morgan fingerprint density at radius 3 is 2.52 bits per heavy atom. The molecule has 6 nitrogen and oxygen atoms in total. The van der Waals surface area contributed by atoms with Crippen molar-refractivity contribution in [2.45, 2.75) is 68.9 Å². The van der Waals surface area contributed by atoms with Gasteiger partial charge in [-0.3, -0.25) is 4.79 Å². The summed E-state index contributed by atoms with van der Waals surface area (Å²) in [4.78, 5) is 12.6. The summed E-state index contributed by atoms with van der Waals surface area (Å²) in [7, 11) is 0. The molecule has 0 saturated heterocycles. The molecule has 0 unspecified atom stereocenters. The van der Waals surface area contributed by atoms with Gasteiger partial charge in [0.15, 0.2) is 0 Å². The molecule has 0 bridgehead atoms. The second kappa shape index (κ2) is 8.13. The van der Waals surface area contributed by atoms with Crippen molar-refractivity contribution in [1.29, 1.82) is 5.26 Å². The number of hydrogen-bond donors (Lipinski definition) is 1. The number of amides is 1. The smallest absolute Gasteiger partial charge is 0.277 e. The summed E-state index contributed by atoms with van der Waals surface area (Å²) in [5.41, 5.74) is 2.39. The summed E-state index contributed by atoms with van der Waals surface area (Å²) in [5, 5.41) is 20.6. The lowest BCUT2D eigenvalue weighted by Gasteiger charge is -2.32. The quantitative estimate of drug-likeness (QED) is 0.778. The van der Waals surface area contributed by atoms with Crippen LogP contribution in [0.2, 0.25) is 0 Å². The van der Waals surface area contributed by atoms with Crippen molar-refractivity contribution in [3.05, 3.63) is 29.3 Å². The fourth-order valence-corrected chi connectivity index (χ4v) is 4.12. The zero-order valence-electron chi connectivity index (χ0n) is 15.9. The molecule has 1 aliphatic rings. The van der Waals surface area contributed by atoms with E-state index in [2.05, 4.69) is 27.6 Å². The van der Waals surface area contributed by atoms with E-state index in [1.165, 1.54) is 11.8 Å². The fourth-order valence-electron chi connectivity index (χ4n) is 3.43. The predicted octanol–water partition coefficient (Wildman–Crippen LogP) is 4.18. The minimum Gasteiger partial charge on any atom is -0.411 e. The molecule has 2 aromatic rings. The number of nitrogens with zero attached hydrogens (tertiary/aromatic N) is 3. The molecular formula is C20H24N4O2S. The van der Waals surface area contributed by atoms with Crippen LogP contribution in [0.3, 0.4) is 0 Å². The van der Waals surface area contributed by atoms with Crippen LogP contribution in [0.15, 0.2) is 27.8 Å². The SMILES string of the molecule is Cc1cc(C)cc(-c2nnc(S[C@@H](C)C(=O)NC3(C#N)CCCCC3)o2)c1. The molecule has 27 heavy (non-hydrogen) atoms. The molecule has 0 spiro atoms. The van der Waals surface area contributed by atoms with E-state index in [0.29, 0.717) is 24.0 Å². The highest BCUT2D eigenvalue weighted by atomic mass is 32.2. The Labute approximate surface area is 163 Å². The number of aromatic nitrogens is 2. The number of carbonyl (C=O) groups excluding carboxylic acids is 1. The molecule has 1 aliphatic carbocycles. The monoisotopic (exact) mass is 384 g/mol. The molecule has 1 heterocycles. The van der Waals surface area contributed by atoms with Gasteiger partial charge in [0.2, 0.25) is 11.8 Å². The van der Waals surface area contributed by atoms with Crippen molar-refractivity contribution < 1.29 is 9.21 Å². The molecule has 1 amide bonds. The molecule has 1 saturated carbocycles. The normalized spacial score (nSPS) is 17.1. The van der Waals surface area contributed by atoms with Crippen molar-refractivity contribution in [2.75, 3.05) is 0 Å². The first kappa shape index (κ1) is 19.4. The zero-order valence-corrected chi connectivity index (χ0v) is 16.7. The summed E-state index contributed by atoms with van der Waals surface area (Å²) in [6.07, 6.45) is 4.48. The lowest BCUT2D eigenvalue weighted by molar-refractivity contribution is -0.122. The number of hydrogen-bond acceptors (Lipinski definition) is 6. The van der Waals surface area contributed by atoms with Gasteiger partial charge in [-0.2, -0.15) is 5.26 Å². The summed E-state index contributed by atoms with van der Waals surface area (Å²) in [5.74, 6) is 0.271. The molecule has 1 aromatic heterocycles. The molecule has 7 heteroatoms. The zero-order chi connectivity index (χ0) is 19.4. The number of nitriles is 1. The first-order valence-electron chi connectivity index (χ1n) is 9.23. The molecule has 0 aliphatic heterocycles. The van der Waals surface area contributed by atoms with Crippen LogP contribution in [0.1, 0.15) is 50.2 Å². The van der Waals surface area contributed by atoms with Crippen LogP contribution in [0.25, 0.3) is 11.5 Å². The Balaban J connectivity index is 1.66. The van der Waals surface area contributed by atoms with E-state index in [1.807, 2.05) is 26.0 Å². The predicted molar refractivity (Wildman–Crippen MR) is 104 cm³/mol. The number of thioether (sulfide) groups is 1. The fraction of sp³-hybridized carbons (Fsp3) is 0.500. The topological polar surface area (TPSA) is 91.8 Å². The molecule has 142 valence electrons. The largest absolute Gasteiger partial charge is 0.411 e. The van der Waals surface area contributed by atoms with Crippen LogP contribution >= 0.6 is 11.8 Å². The van der Waals surface area contributed by atoms with Gasteiger partial charge in [-0.05, 0) is 45.7 Å². The van der Waals surface area contributed by atoms with Crippen molar-refractivity contribution >= 4 is 17.7 Å². The number of benzene rings is 1. The van der Waals surface area contributed by atoms with E-state index >= 15 is 0 Å². The Bertz CT molecular complexity index is 845. The second-order valence-corrected chi connectivity index (χ2v) is 8.55. The lowest BCUT2D eigenvalue weighted by Crippen LogP contribution is -2.50. The molecule has 1 aromatic carbocycles. The van der Waals surface area contributed by atoms with Gasteiger partial charge in [0, 0.05) is 5.56 Å². The third-order valence-electron chi connectivity index (χ3n) is 4.81. The number of nitrogens with one attached hydrogen (secondary N) is 1. The maximum Gasteiger partial charge on any atom is 0.277 e. The summed E-state index contributed by atoms with van der Waals surface area (Å²) in [6.45, 7) is 5.82. The van der Waals surface area contributed by atoms with Gasteiger partial charge in [-0.25, -0.2) is 0 Å². The summed E-state index contributed by atoms with van der Waals surface area (Å²) < 4.78 is 5.74. The Morgan fingerprint density at radius 1 is 1.22 bits per heavy atom. The van der Waals surface area contributed by atoms with E-state index in [0.717, 1.165) is 36.0 Å². The van der Waals surface area contributed by atoms with Crippen LogP contribution in [-0.4, -0.2) is 26.9 Å². The number of aryl methyl sites for hydroxylation is 2. The van der Waals surface area contributed by atoms with Gasteiger partial charge < -0.3 is 9.73 Å². The van der Waals surface area contributed by atoms with Crippen LogP contribution in [-0.2, 0) is 4.79 Å². The minimum atomic E-state index is -0.733. The first-order chi connectivity index (χ1) is 12.9. The van der Waals surface area contributed by atoms with Crippen molar-refractivity contribution in [3.63, 3.8) is 0 Å². The maximum atomic E-state index is 12.6. The Kier molecular flexibility index (Phi) is 5.85. The summed E-state index contributed by atoms with van der Waals surface area (Å²) in [6, 6.07) is 8.37. The molecule has 1 N–H and O–H groups in total. The van der Waals surface area contributed by atoms with Crippen molar-refractivity contribution in [2.24, 2.45) is 0 Å². The Hall–Kier alpha value is -2.33. The average Bonchev–Trinajstić information content (AvgIpc) is 3.10. The third-order valence-corrected chi connectivity index (χ3v) is 5.74. The van der Waals surface area contributed by atoms with Gasteiger partial charge in [0.1, 0.15) is 5.54 Å². The molecule has 1 fully saturated rings. The van der Waals surface area contributed by atoms with E-state index in [-0.39, 0.29) is 5.91 Å². The standard InChI is InChI=1S/C20H24N4O2S/c1-13-9-14(2)11-16(10-13)18-23-24-19(26-18)27-15(3)17(25)22-20(12-21)7-5-4-6-8-20/h9-11,15H,4-8H2,1-3H3,(H,22,25)/t15-/m0/s1. The van der Waals surface area contributed by atoms with Gasteiger partial charge >= 0.3 is 0 Å². The Morgan fingerprint density at radius 2 is 1.89 bits per heavy atom. The average molecular weight is 385 g/mol. The van der Waals surface area contributed by atoms with E-state index < -0.39 is 10.8 Å².